The Bertz CT molecular complexity index is 544. The summed E-state index contributed by atoms with van der Waals surface area (Å²) in [6.07, 6.45) is 0. The molecule has 1 N–H and O–H groups in total. The van der Waals surface area contributed by atoms with Crippen molar-refractivity contribution in [1.82, 2.24) is 5.32 Å². The second-order valence-electron chi connectivity index (χ2n) is 4.01. The minimum absolute atomic E-state index is 0.275. The van der Waals surface area contributed by atoms with Crippen LogP contribution >= 0.6 is 27.3 Å². The molecule has 0 aliphatic rings. The van der Waals surface area contributed by atoms with Crippen molar-refractivity contribution < 1.29 is 9.13 Å². The SMILES string of the molecule is CCNCc1ccc(COc2ccc(F)cc2Br)s1. The maximum atomic E-state index is 12.9. The van der Waals surface area contributed by atoms with Crippen molar-refractivity contribution in [3.8, 4) is 5.75 Å². The van der Waals surface area contributed by atoms with Crippen molar-refractivity contribution in [2.75, 3.05) is 6.54 Å². The van der Waals surface area contributed by atoms with Gasteiger partial charge in [0.2, 0.25) is 0 Å². The van der Waals surface area contributed by atoms with Crippen LogP contribution < -0.4 is 10.1 Å². The molecule has 1 aromatic heterocycles. The highest BCUT2D eigenvalue weighted by atomic mass is 79.9. The molecule has 0 fully saturated rings. The van der Waals surface area contributed by atoms with Crippen LogP contribution in [0.1, 0.15) is 16.7 Å². The lowest BCUT2D eigenvalue weighted by Gasteiger charge is -2.06. The summed E-state index contributed by atoms with van der Waals surface area (Å²) >= 11 is 5.01. The zero-order chi connectivity index (χ0) is 13.7. The molecule has 2 aromatic rings. The summed E-state index contributed by atoms with van der Waals surface area (Å²) < 4.78 is 19.3. The predicted octanol–water partition coefficient (Wildman–Crippen LogP) is 4.34. The Morgan fingerprint density at radius 3 is 2.79 bits per heavy atom. The Hall–Kier alpha value is -0.910. The van der Waals surface area contributed by atoms with E-state index in [2.05, 4.69) is 40.3 Å². The molecule has 0 saturated heterocycles. The number of ether oxygens (including phenoxy) is 1. The number of benzene rings is 1. The summed E-state index contributed by atoms with van der Waals surface area (Å²) in [7, 11) is 0. The third kappa shape index (κ3) is 4.30. The van der Waals surface area contributed by atoms with Crippen LogP contribution in [0.4, 0.5) is 4.39 Å². The molecule has 102 valence electrons. The summed E-state index contributed by atoms with van der Waals surface area (Å²) in [5.74, 6) is 0.381. The number of hydrogen-bond donors (Lipinski definition) is 1. The van der Waals surface area contributed by atoms with E-state index in [0.717, 1.165) is 18.0 Å². The van der Waals surface area contributed by atoms with Gasteiger partial charge in [-0.1, -0.05) is 6.92 Å². The molecule has 0 spiro atoms. The van der Waals surface area contributed by atoms with Crippen molar-refractivity contribution in [1.29, 1.82) is 0 Å². The molecule has 0 atom stereocenters. The molecular weight excluding hydrogens is 329 g/mol. The first-order valence-electron chi connectivity index (χ1n) is 6.05. The van der Waals surface area contributed by atoms with Gasteiger partial charge in [-0.25, -0.2) is 4.39 Å². The fourth-order valence-corrected chi connectivity index (χ4v) is 2.95. The second-order valence-corrected chi connectivity index (χ2v) is 6.12. The topological polar surface area (TPSA) is 21.3 Å². The molecule has 0 unspecified atom stereocenters. The first-order valence-corrected chi connectivity index (χ1v) is 7.66. The van der Waals surface area contributed by atoms with E-state index in [1.807, 2.05) is 0 Å². The van der Waals surface area contributed by atoms with Crippen LogP contribution in [0, 0.1) is 5.82 Å². The van der Waals surface area contributed by atoms with Crippen molar-refractivity contribution in [3.05, 3.63) is 50.4 Å². The Labute approximate surface area is 124 Å². The first-order chi connectivity index (χ1) is 9.19. The number of rotatable bonds is 6. The van der Waals surface area contributed by atoms with E-state index in [1.54, 1.807) is 17.4 Å². The average Bonchev–Trinajstić information content (AvgIpc) is 2.83. The lowest BCUT2D eigenvalue weighted by atomic mass is 10.3. The third-order valence-electron chi connectivity index (χ3n) is 2.53. The number of halogens is 2. The fraction of sp³-hybridized carbons (Fsp3) is 0.286. The van der Waals surface area contributed by atoms with Gasteiger partial charge in [0.05, 0.1) is 4.47 Å². The maximum Gasteiger partial charge on any atom is 0.134 e. The molecular formula is C14H15BrFNOS. The number of hydrogen-bond acceptors (Lipinski definition) is 3. The van der Waals surface area contributed by atoms with Crippen LogP contribution in [0.2, 0.25) is 0 Å². The van der Waals surface area contributed by atoms with Gasteiger partial charge in [0.1, 0.15) is 18.2 Å². The monoisotopic (exact) mass is 343 g/mol. The van der Waals surface area contributed by atoms with E-state index in [4.69, 9.17) is 4.74 Å². The van der Waals surface area contributed by atoms with Gasteiger partial charge in [-0.3, -0.25) is 0 Å². The highest BCUT2D eigenvalue weighted by Gasteiger charge is 2.05. The van der Waals surface area contributed by atoms with E-state index in [-0.39, 0.29) is 5.82 Å². The minimum atomic E-state index is -0.275. The number of thiophene rings is 1. The van der Waals surface area contributed by atoms with Crippen molar-refractivity contribution in [2.45, 2.75) is 20.1 Å². The second kappa shape index (κ2) is 7.03. The van der Waals surface area contributed by atoms with Crippen LogP contribution in [-0.2, 0) is 13.2 Å². The average molecular weight is 344 g/mol. The number of nitrogens with one attached hydrogen (secondary N) is 1. The molecule has 0 saturated carbocycles. The molecule has 0 aliphatic carbocycles. The van der Waals surface area contributed by atoms with Crippen LogP contribution in [-0.4, -0.2) is 6.54 Å². The summed E-state index contributed by atoms with van der Waals surface area (Å²) in [6.45, 7) is 4.44. The molecule has 0 bridgehead atoms. The van der Waals surface area contributed by atoms with Gasteiger partial charge in [0.15, 0.2) is 0 Å². The van der Waals surface area contributed by atoms with E-state index in [9.17, 15) is 4.39 Å². The van der Waals surface area contributed by atoms with E-state index >= 15 is 0 Å². The van der Waals surface area contributed by atoms with Gasteiger partial charge < -0.3 is 10.1 Å². The quantitative estimate of drug-likeness (QED) is 0.842. The summed E-state index contributed by atoms with van der Waals surface area (Å²) in [6, 6.07) is 8.60. The molecule has 0 aliphatic heterocycles. The Balaban J connectivity index is 1.92. The molecule has 19 heavy (non-hydrogen) atoms. The van der Waals surface area contributed by atoms with Gasteiger partial charge in [0, 0.05) is 16.3 Å². The van der Waals surface area contributed by atoms with Crippen LogP contribution in [0.25, 0.3) is 0 Å². The Kier molecular flexibility index (Phi) is 5.36. The highest BCUT2D eigenvalue weighted by molar-refractivity contribution is 9.10. The smallest absolute Gasteiger partial charge is 0.134 e. The molecule has 1 aromatic carbocycles. The highest BCUT2D eigenvalue weighted by Crippen LogP contribution is 2.27. The first kappa shape index (κ1) is 14.5. The van der Waals surface area contributed by atoms with Crippen molar-refractivity contribution in [2.24, 2.45) is 0 Å². The normalized spacial score (nSPS) is 10.7. The fourth-order valence-electron chi connectivity index (χ4n) is 1.58. The Morgan fingerprint density at radius 1 is 1.26 bits per heavy atom. The van der Waals surface area contributed by atoms with E-state index < -0.39 is 0 Å². The molecule has 0 radical (unpaired) electrons. The zero-order valence-electron chi connectivity index (χ0n) is 10.6. The van der Waals surface area contributed by atoms with Crippen LogP contribution in [0.15, 0.2) is 34.8 Å². The lowest BCUT2D eigenvalue weighted by Crippen LogP contribution is -2.10. The summed E-state index contributed by atoms with van der Waals surface area (Å²) in [5, 5.41) is 3.29. The predicted molar refractivity (Wildman–Crippen MR) is 80.1 cm³/mol. The van der Waals surface area contributed by atoms with Crippen LogP contribution in [0.5, 0.6) is 5.75 Å². The van der Waals surface area contributed by atoms with Gasteiger partial charge in [-0.2, -0.15) is 0 Å². The van der Waals surface area contributed by atoms with Gasteiger partial charge in [-0.05, 0) is 52.8 Å². The molecule has 2 nitrogen and oxygen atoms in total. The molecule has 0 amide bonds. The standard InChI is InChI=1S/C14H15BrFNOS/c1-2-17-8-11-4-5-12(19-11)9-18-14-6-3-10(16)7-13(14)15/h3-7,17H,2,8-9H2,1H3. The zero-order valence-corrected chi connectivity index (χ0v) is 13.0. The summed E-state index contributed by atoms with van der Waals surface area (Å²) in [4.78, 5) is 2.45. The van der Waals surface area contributed by atoms with Gasteiger partial charge in [-0.15, -0.1) is 11.3 Å². The lowest BCUT2D eigenvalue weighted by molar-refractivity contribution is 0.307. The molecule has 2 rings (SSSR count). The third-order valence-corrected chi connectivity index (χ3v) is 4.21. The van der Waals surface area contributed by atoms with Crippen LogP contribution in [0.3, 0.4) is 0 Å². The van der Waals surface area contributed by atoms with Gasteiger partial charge in [0.25, 0.3) is 0 Å². The molecule has 1 heterocycles. The van der Waals surface area contributed by atoms with E-state index in [1.165, 1.54) is 17.0 Å². The van der Waals surface area contributed by atoms with Gasteiger partial charge >= 0.3 is 0 Å². The summed E-state index contributed by atoms with van der Waals surface area (Å²) in [5.41, 5.74) is 0. The van der Waals surface area contributed by atoms with Crippen molar-refractivity contribution in [3.63, 3.8) is 0 Å². The largest absolute Gasteiger partial charge is 0.487 e. The van der Waals surface area contributed by atoms with E-state index in [0.29, 0.717) is 16.8 Å². The maximum absolute atomic E-state index is 12.9. The minimum Gasteiger partial charge on any atom is -0.487 e. The van der Waals surface area contributed by atoms with Crippen molar-refractivity contribution >= 4 is 27.3 Å². The molecule has 5 heteroatoms. The Morgan fingerprint density at radius 2 is 2.05 bits per heavy atom.